The zero-order valence-electron chi connectivity index (χ0n) is 12.8. The van der Waals surface area contributed by atoms with E-state index in [0.717, 1.165) is 20.1 Å². The molecule has 0 aliphatic rings. The molecular weight excluding hydrogens is 436 g/mol. The highest BCUT2D eigenvalue weighted by Crippen LogP contribution is 2.29. The number of nitrogens with one attached hydrogen (secondary N) is 1. The first-order valence-electron chi connectivity index (χ1n) is 7.17. The second-order valence-corrected chi connectivity index (χ2v) is 7.14. The summed E-state index contributed by atoms with van der Waals surface area (Å²) >= 11 is 6.77. The fraction of sp³-hybridized carbons (Fsp3) is 0.0556. The summed E-state index contributed by atoms with van der Waals surface area (Å²) in [6.45, 7) is 1.99. The minimum absolute atomic E-state index is 0.231. The zero-order chi connectivity index (χ0) is 17.3. The van der Waals surface area contributed by atoms with Crippen molar-refractivity contribution in [1.29, 1.82) is 0 Å². The maximum Gasteiger partial charge on any atom is 0.291 e. The van der Waals surface area contributed by atoms with Crippen molar-refractivity contribution in [1.82, 2.24) is 0 Å². The molecule has 0 saturated heterocycles. The molecule has 0 saturated carbocycles. The maximum atomic E-state index is 12.4. The Labute approximate surface area is 156 Å². The first-order valence-corrected chi connectivity index (χ1v) is 8.75. The van der Waals surface area contributed by atoms with E-state index in [-0.39, 0.29) is 11.7 Å². The second kappa shape index (κ2) is 6.83. The summed E-state index contributed by atoms with van der Waals surface area (Å²) in [5.41, 5.74) is 8.92. The SMILES string of the molecule is Cc1cc(Br)ccc1-c1ccc(C(=O)Nc2ccc(Br)cc2N)o1. The van der Waals surface area contributed by atoms with Crippen molar-refractivity contribution in [2.45, 2.75) is 6.92 Å². The molecule has 0 bridgehead atoms. The number of benzene rings is 2. The van der Waals surface area contributed by atoms with Crippen LogP contribution >= 0.6 is 31.9 Å². The molecule has 1 aromatic heterocycles. The van der Waals surface area contributed by atoms with Crippen molar-refractivity contribution in [2.75, 3.05) is 11.1 Å². The highest BCUT2D eigenvalue weighted by molar-refractivity contribution is 9.10. The van der Waals surface area contributed by atoms with Crippen molar-refractivity contribution < 1.29 is 9.21 Å². The van der Waals surface area contributed by atoms with Gasteiger partial charge < -0.3 is 15.5 Å². The van der Waals surface area contributed by atoms with Gasteiger partial charge in [0.1, 0.15) is 5.76 Å². The van der Waals surface area contributed by atoms with Gasteiger partial charge in [0.2, 0.25) is 0 Å². The summed E-state index contributed by atoms with van der Waals surface area (Å²) in [6.07, 6.45) is 0. The molecule has 0 radical (unpaired) electrons. The van der Waals surface area contributed by atoms with Crippen LogP contribution in [0.15, 0.2) is 61.9 Å². The maximum absolute atomic E-state index is 12.4. The van der Waals surface area contributed by atoms with Gasteiger partial charge in [0, 0.05) is 14.5 Å². The molecule has 1 heterocycles. The molecule has 3 N–H and O–H groups in total. The molecule has 0 aliphatic heterocycles. The third-order valence-corrected chi connectivity index (χ3v) is 4.53. The average molecular weight is 450 g/mol. The van der Waals surface area contributed by atoms with Gasteiger partial charge in [0.25, 0.3) is 5.91 Å². The number of rotatable bonds is 3. The van der Waals surface area contributed by atoms with Crippen molar-refractivity contribution in [3.63, 3.8) is 0 Å². The number of anilines is 2. The molecule has 0 aliphatic carbocycles. The Morgan fingerprint density at radius 2 is 1.75 bits per heavy atom. The van der Waals surface area contributed by atoms with Gasteiger partial charge in [-0.3, -0.25) is 4.79 Å². The van der Waals surface area contributed by atoms with Gasteiger partial charge in [-0.1, -0.05) is 31.9 Å². The molecular formula is C18H14Br2N2O2. The van der Waals surface area contributed by atoms with E-state index in [0.29, 0.717) is 17.1 Å². The van der Waals surface area contributed by atoms with Crippen molar-refractivity contribution >= 4 is 49.1 Å². The lowest BCUT2D eigenvalue weighted by molar-refractivity contribution is 0.0997. The number of aryl methyl sites for hydroxylation is 1. The summed E-state index contributed by atoms with van der Waals surface area (Å²) in [6, 6.07) is 14.6. The van der Waals surface area contributed by atoms with E-state index in [2.05, 4.69) is 37.2 Å². The summed E-state index contributed by atoms with van der Waals surface area (Å²) in [4.78, 5) is 12.4. The highest BCUT2D eigenvalue weighted by Gasteiger charge is 2.14. The number of furan rings is 1. The number of amides is 1. The highest BCUT2D eigenvalue weighted by atomic mass is 79.9. The minimum atomic E-state index is -0.343. The van der Waals surface area contributed by atoms with E-state index in [1.807, 2.05) is 31.2 Å². The first-order chi connectivity index (χ1) is 11.4. The standard InChI is InChI=1S/C18H14Br2N2O2/c1-10-8-11(19)2-4-13(10)16-6-7-17(24-16)18(23)22-15-5-3-12(20)9-14(15)21/h2-9H,21H2,1H3,(H,22,23). The quantitative estimate of drug-likeness (QED) is 0.510. The van der Waals surface area contributed by atoms with E-state index in [1.54, 1.807) is 24.3 Å². The minimum Gasteiger partial charge on any atom is -0.451 e. The van der Waals surface area contributed by atoms with Crippen LogP contribution < -0.4 is 11.1 Å². The molecule has 3 aromatic rings. The third kappa shape index (κ3) is 3.55. The molecule has 0 unspecified atom stereocenters. The second-order valence-electron chi connectivity index (χ2n) is 5.31. The van der Waals surface area contributed by atoms with Crippen molar-refractivity contribution in [2.24, 2.45) is 0 Å². The van der Waals surface area contributed by atoms with Crippen LogP contribution in [0.3, 0.4) is 0 Å². The Kier molecular flexibility index (Phi) is 4.78. The summed E-state index contributed by atoms with van der Waals surface area (Å²) in [5.74, 6) is 0.536. The normalized spacial score (nSPS) is 10.6. The first kappa shape index (κ1) is 16.8. The smallest absolute Gasteiger partial charge is 0.291 e. The zero-order valence-corrected chi connectivity index (χ0v) is 15.9. The topological polar surface area (TPSA) is 68.3 Å². The monoisotopic (exact) mass is 448 g/mol. The van der Waals surface area contributed by atoms with E-state index < -0.39 is 0 Å². The third-order valence-electron chi connectivity index (χ3n) is 3.55. The predicted octanol–water partition coefficient (Wildman–Crippen LogP) is 5.61. The molecule has 0 atom stereocenters. The van der Waals surface area contributed by atoms with Crippen molar-refractivity contribution in [3.05, 3.63) is 68.8 Å². The lowest BCUT2D eigenvalue weighted by Gasteiger charge is -2.07. The van der Waals surface area contributed by atoms with E-state index in [9.17, 15) is 4.79 Å². The van der Waals surface area contributed by atoms with Crippen LogP contribution in [0.1, 0.15) is 16.1 Å². The molecule has 1 amide bonds. The van der Waals surface area contributed by atoms with Crippen LogP contribution in [0, 0.1) is 6.92 Å². The van der Waals surface area contributed by atoms with E-state index >= 15 is 0 Å². The molecule has 24 heavy (non-hydrogen) atoms. The predicted molar refractivity (Wildman–Crippen MR) is 103 cm³/mol. The molecule has 0 fully saturated rings. The molecule has 4 nitrogen and oxygen atoms in total. The van der Waals surface area contributed by atoms with Gasteiger partial charge in [-0.15, -0.1) is 0 Å². The number of halogens is 2. The largest absolute Gasteiger partial charge is 0.451 e. The number of nitrogens with two attached hydrogens (primary N) is 1. The van der Waals surface area contributed by atoms with Gasteiger partial charge >= 0.3 is 0 Å². The van der Waals surface area contributed by atoms with Crippen molar-refractivity contribution in [3.8, 4) is 11.3 Å². The van der Waals surface area contributed by atoms with Gasteiger partial charge in [0.15, 0.2) is 5.76 Å². The molecule has 3 rings (SSSR count). The Hall–Kier alpha value is -2.05. The number of hydrogen-bond donors (Lipinski definition) is 2. The van der Waals surface area contributed by atoms with E-state index in [4.69, 9.17) is 10.2 Å². The van der Waals surface area contributed by atoms with E-state index in [1.165, 1.54) is 0 Å². The van der Waals surface area contributed by atoms with Crippen LogP contribution in [0.2, 0.25) is 0 Å². The molecule has 2 aromatic carbocycles. The van der Waals surface area contributed by atoms with Crippen LogP contribution in [-0.4, -0.2) is 5.91 Å². The fourth-order valence-electron chi connectivity index (χ4n) is 2.34. The van der Waals surface area contributed by atoms with Gasteiger partial charge in [-0.25, -0.2) is 0 Å². The number of carbonyl (C=O) groups excluding carboxylic acids is 1. The fourth-order valence-corrected chi connectivity index (χ4v) is 3.19. The summed E-state index contributed by atoms with van der Waals surface area (Å²) < 4.78 is 7.56. The molecule has 122 valence electrons. The van der Waals surface area contributed by atoms with Crippen LogP contribution in [0.4, 0.5) is 11.4 Å². The molecule has 0 spiro atoms. The van der Waals surface area contributed by atoms with Gasteiger partial charge in [-0.2, -0.15) is 0 Å². The van der Waals surface area contributed by atoms with Gasteiger partial charge in [0.05, 0.1) is 11.4 Å². The Balaban J connectivity index is 1.83. The van der Waals surface area contributed by atoms with Crippen LogP contribution in [-0.2, 0) is 0 Å². The number of nitrogen functional groups attached to an aromatic ring is 1. The lowest BCUT2D eigenvalue weighted by atomic mass is 10.1. The lowest BCUT2D eigenvalue weighted by Crippen LogP contribution is -2.12. The Morgan fingerprint density at radius 3 is 2.46 bits per heavy atom. The van der Waals surface area contributed by atoms with Gasteiger partial charge in [-0.05, 0) is 61.0 Å². The number of hydrogen-bond acceptors (Lipinski definition) is 3. The van der Waals surface area contributed by atoms with Crippen LogP contribution in [0.25, 0.3) is 11.3 Å². The van der Waals surface area contributed by atoms with Crippen LogP contribution in [0.5, 0.6) is 0 Å². The average Bonchev–Trinajstić information content (AvgIpc) is 3.00. The molecule has 6 heteroatoms. The number of carbonyl (C=O) groups is 1. The summed E-state index contributed by atoms with van der Waals surface area (Å²) in [7, 11) is 0. The Bertz CT molecular complexity index is 919. The summed E-state index contributed by atoms with van der Waals surface area (Å²) in [5, 5.41) is 2.76. The Morgan fingerprint density at radius 1 is 1.04 bits per heavy atom.